The van der Waals surface area contributed by atoms with Crippen molar-refractivity contribution in [1.29, 1.82) is 0 Å². The molecule has 0 unspecified atom stereocenters. The number of para-hydroxylation sites is 1. The fourth-order valence-corrected chi connectivity index (χ4v) is 1.46. The highest BCUT2D eigenvalue weighted by atomic mass is 19.1. The Morgan fingerprint density at radius 1 is 1.28 bits per heavy atom. The van der Waals surface area contributed by atoms with Gasteiger partial charge in [-0.15, -0.1) is 0 Å². The number of benzene rings is 1. The maximum atomic E-state index is 12.9. The predicted octanol–water partition coefficient (Wildman–Crippen LogP) is 3.23. The van der Waals surface area contributed by atoms with E-state index < -0.39 is 10.9 Å². The minimum atomic E-state index is -0.705. The van der Waals surface area contributed by atoms with Crippen LogP contribution in [0.3, 0.4) is 0 Å². The number of ether oxygens (including phenoxy) is 1. The van der Waals surface area contributed by atoms with E-state index in [1.54, 1.807) is 19.1 Å². The molecule has 6 heteroatoms. The summed E-state index contributed by atoms with van der Waals surface area (Å²) in [6.07, 6.45) is 0. The number of nitro benzene ring substituents is 1. The van der Waals surface area contributed by atoms with Crippen LogP contribution in [0.25, 0.3) is 0 Å². The fourth-order valence-electron chi connectivity index (χ4n) is 1.46. The quantitative estimate of drug-likeness (QED) is 0.475. The van der Waals surface area contributed by atoms with Gasteiger partial charge in [0.2, 0.25) is 17.6 Å². The van der Waals surface area contributed by atoms with Crippen molar-refractivity contribution in [3.63, 3.8) is 0 Å². The highest BCUT2D eigenvalue weighted by Gasteiger charge is 2.18. The first-order chi connectivity index (χ1) is 8.58. The van der Waals surface area contributed by atoms with Crippen LogP contribution in [0.15, 0.2) is 36.4 Å². The summed E-state index contributed by atoms with van der Waals surface area (Å²) in [5.41, 5.74) is 0.399. The zero-order chi connectivity index (χ0) is 13.1. The molecule has 2 rings (SSSR count). The molecule has 0 fully saturated rings. The van der Waals surface area contributed by atoms with E-state index in [0.29, 0.717) is 5.56 Å². The third-order valence-corrected chi connectivity index (χ3v) is 2.28. The number of aryl methyl sites for hydroxylation is 1. The van der Waals surface area contributed by atoms with Gasteiger partial charge in [0.15, 0.2) is 0 Å². The smallest absolute Gasteiger partial charge is 0.311 e. The van der Waals surface area contributed by atoms with E-state index in [1.165, 1.54) is 24.3 Å². The standard InChI is InChI=1S/C12H9FN2O3/c1-8-4-2-5-9(15(16)17)12(8)18-11-7-3-6-10(13)14-11/h2-7H,1H3. The van der Waals surface area contributed by atoms with E-state index >= 15 is 0 Å². The third kappa shape index (κ3) is 2.42. The normalized spacial score (nSPS) is 10.1. The van der Waals surface area contributed by atoms with Gasteiger partial charge in [-0.25, -0.2) is 0 Å². The van der Waals surface area contributed by atoms with Crippen LogP contribution in [-0.4, -0.2) is 9.91 Å². The summed E-state index contributed by atoms with van der Waals surface area (Å²) in [4.78, 5) is 13.8. The zero-order valence-corrected chi connectivity index (χ0v) is 9.46. The minimum absolute atomic E-state index is 0.0209. The summed E-state index contributed by atoms with van der Waals surface area (Å²) in [5.74, 6) is -0.656. The van der Waals surface area contributed by atoms with Crippen molar-refractivity contribution in [3.8, 4) is 11.6 Å². The minimum Gasteiger partial charge on any atom is -0.431 e. The second-order valence-corrected chi connectivity index (χ2v) is 3.58. The molecule has 1 aromatic heterocycles. The molecule has 2 aromatic rings. The lowest BCUT2D eigenvalue weighted by atomic mass is 10.2. The molecular formula is C12H9FN2O3. The van der Waals surface area contributed by atoms with Gasteiger partial charge in [0.25, 0.3) is 0 Å². The lowest BCUT2D eigenvalue weighted by Crippen LogP contribution is -1.97. The third-order valence-electron chi connectivity index (χ3n) is 2.28. The van der Waals surface area contributed by atoms with Gasteiger partial charge in [-0.3, -0.25) is 10.1 Å². The zero-order valence-electron chi connectivity index (χ0n) is 9.46. The lowest BCUT2D eigenvalue weighted by Gasteiger charge is -2.07. The van der Waals surface area contributed by atoms with Gasteiger partial charge in [-0.2, -0.15) is 9.37 Å². The van der Waals surface area contributed by atoms with E-state index in [9.17, 15) is 14.5 Å². The number of rotatable bonds is 3. The SMILES string of the molecule is Cc1cccc([N+](=O)[O-])c1Oc1cccc(F)n1. The average molecular weight is 248 g/mol. The summed E-state index contributed by atoms with van der Waals surface area (Å²) in [5, 5.41) is 10.9. The summed E-state index contributed by atoms with van der Waals surface area (Å²) in [6.45, 7) is 1.67. The molecule has 0 spiro atoms. The van der Waals surface area contributed by atoms with E-state index in [4.69, 9.17) is 4.74 Å². The van der Waals surface area contributed by atoms with Crippen molar-refractivity contribution in [1.82, 2.24) is 4.98 Å². The first kappa shape index (κ1) is 12.0. The van der Waals surface area contributed by atoms with Crippen LogP contribution in [0.2, 0.25) is 0 Å². The van der Waals surface area contributed by atoms with E-state index in [0.717, 1.165) is 0 Å². The molecule has 0 saturated heterocycles. The summed E-state index contributed by atoms with van der Waals surface area (Å²) >= 11 is 0. The van der Waals surface area contributed by atoms with Gasteiger partial charge in [-0.1, -0.05) is 18.2 Å². The van der Waals surface area contributed by atoms with Crippen LogP contribution in [-0.2, 0) is 0 Å². The highest BCUT2D eigenvalue weighted by Crippen LogP contribution is 2.33. The second-order valence-electron chi connectivity index (χ2n) is 3.58. The molecular weight excluding hydrogens is 239 g/mol. The number of nitro groups is 1. The lowest BCUT2D eigenvalue weighted by molar-refractivity contribution is -0.385. The summed E-state index contributed by atoms with van der Waals surface area (Å²) in [7, 11) is 0. The van der Waals surface area contributed by atoms with Crippen LogP contribution >= 0.6 is 0 Å². The van der Waals surface area contributed by atoms with Crippen LogP contribution in [0.4, 0.5) is 10.1 Å². The van der Waals surface area contributed by atoms with Crippen molar-refractivity contribution in [2.75, 3.05) is 0 Å². The number of halogens is 1. The van der Waals surface area contributed by atoms with Gasteiger partial charge >= 0.3 is 5.69 Å². The molecule has 92 valence electrons. The first-order valence-electron chi connectivity index (χ1n) is 5.12. The molecule has 1 heterocycles. The molecule has 1 aromatic carbocycles. The number of aromatic nitrogens is 1. The molecule has 0 N–H and O–H groups in total. The van der Waals surface area contributed by atoms with Crippen molar-refractivity contribution < 1.29 is 14.1 Å². The largest absolute Gasteiger partial charge is 0.431 e. The molecule has 0 amide bonds. The topological polar surface area (TPSA) is 65.3 Å². The number of nitrogens with zero attached hydrogens (tertiary/aromatic N) is 2. The Labute approximate surface area is 102 Å². The van der Waals surface area contributed by atoms with Gasteiger partial charge in [0.05, 0.1) is 4.92 Å². The van der Waals surface area contributed by atoms with Crippen LogP contribution in [0, 0.1) is 23.0 Å². The highest BCUT2D eigenvalue weighted by molar-refractivity contribution is 5.52. The van der Waals surface area contributed by atoms with E-state index in [2.05, 4.69) is 4.98 Å². The Kier molecular flexibility index (Phi) is 3.18. The summed E-state index contributed by atoms with van der Waals surface area (Å²) in [6, 6.07) is 8.56. The Bertz CT molecular complexity index is 602. The van der Waals surface area contributed by atoms with Gasteiger partial charge in [-0.05, 0) is 18.6 Å². The Balaban J connectivity index is 2.42. The fraction of sp³-hybridized carbons (Fsp3) is 0.0833. The molecule has 18 heavy (non-hydrogen) atoms. The molecule has 0 bridgehead atoms. The maximum absolute atomic E-state index is 12.9. The summed E-state index contributed by atoms with van der Waals surface area (Å²) < 4.78 is 18.2. The molecule has 0 atom stereocenters. The monoisotopic (exact) mass is 248 g/mol. The Morgan fingerprint density at radius 3 is 2.67 bits per heavy atom. The van der Waals surface area contributed by atoms with Crippen molar-refractivity contribution in [3.05, 3.63) is 58.0 Å². The maximum Gasteiger partial charge on any atom is 0.311 e. The van der Waals surface area contributed by atoms with Crippen molar-refractivity contribution in [2.24, 2.45) is 0 Å². The second kappa shape index (κ2) is 4.79. The number of pyridine rings is 1. The van der Waals surface area contributed by atoms with Gasteiger partial charge in [0.1, 0.15) is 0 Å². The molecule has 0 saturated carbocycles. The van der Waals surface area contributed by atoms with Gasteiger partial charge in [0, 0.05) is 12.1 Å². The molecule has 0 aliphatic rings. The number of hydrogen-bond donors (Lipinski definition) is 0. The van der Waals surface area contributed by atoms with Crippen LogP contribution < -0.4 is 4.74 Å². The molecule has 0 radical (unpaired) electrons. The Hall–Kier alpha value is -2.50. The van der Waals surface area contributed by atoms with E-state index in [-0.39, 0.29) is 17.3 Å². The van der Waals surface area contributed by atoms with Crippen LogP contribution in [0.5, 0.6) is 11.6 Å². The Morgan fingerprint density at radius 2 is 2.00 bits per heavy atom. The molecule has 0 aliphatic heterocycles. The predicted molar refractivity (Wildman–Crippen MR) is 62.1 cm³/mol. The average Bonchev–Trinajstić information content (AvgIpc) is 2.31. The van der Waals surface area contributed by atoms with Crippen molar-refractivity contribution >= 4 is 5.69 Å². The van der Waals surface area contributed by atoms with Crippen molar-refractivity contribution in [2.45, 2.75) is 6.92 Å². The molecule has 0 aliphatic carbocycles. The first-order valence-corrected chi connectivity index (χ1v) is 5.12. The van der Waals surface area contributed by atoms with Crippen LogP contribution in [0.1, 0.15) is 5.56 Å². The number of hydrogen-bond acceptors (Lipinski definition) is 4. The molecule has 5 nitrogen and oxygen atoms in total. The van der Waals surface area contributed by atoms with E-state index in [1.807, 2.05) is 0 Å². The van der Waals surface area contributed by atoms with Gasteiger partial charge < -0.3 is 4.74 Å².